The van der Waals surface area contributed by atoms with Gasteiger partial charge in [-0.2, -0.15) is 0 Å². The smallest absolute Gasteiger partial charge is 0.183 e. The normalized spacial score (nSPS) is 10.4. The lowest BCUT2D eigenvalue weighted by Crippen LogP contribution is -1.98. The van der Waals surface area contributed by atoms with Gasteiger partial charge in [0, 0.05) is 11.9 Å². The second kappa shape index (κ2) is 4.28. The summed E-state index contributed by atoms with van der Waals surface area (Å²) >= 11 is 1.61. The fourth-order valence-electron chi connectivity index (χ4n) is 1.12. The summed E-state index contributed by atoms with van der Waals surface area (Å²) in [5, 5.41) is 6.20. The zero-order valence-corrected chi connectivity index (χ0v) is 8.80. The van der Waals surface area contributed by atoms with Crippen molar-refractivity contribution in [2.45, 2.75) is 13.3 Å². The van der Waals surface area contributed by atoms with Crippen LogP contribution in [-0.4, -0.2) is 11.5 Å². The molecule has 0 saturated carbocycles. The topological polar surface area (TPSA) is 38.1 Å². The first-order chi connectivity index (χ1) is 6.90. The van der Waals surface area contributed by atoms with Gasteiger partial charge in [-0.3, -0.25) is 0 Å². The molecule has 14 heavy (non-hydrogen) atoms. The van der Waals surface area contributed by atoms with Gasteiger partial charge in [-0.15, -0.1) is 11.3 Å². The SMILES string of the molecule is CCCNc1nc(-c2ccco2)cs1. The molecule has 0 aromatic carbocycles. The van der Waals surface area contributed by atoms with Crippen LogP contribution in [0.25, 0.3) is 11.5 Å². The highest BCUT2D eigenvalue weighted by Gasteiger charge is 2.05. The molecule has 2 aromatic rings. The van der Waals surface area contributed by atoms with Crippen molar-refractivity contribution in [2.24, 2.45) is 0 Å². The molecule has 0 bridgehead atoms. The van der Waals surface area contributed by atoms with E-state index in [4.69, 9.17) is 4.42 Å². The van der Waals surface area contributed by atoms with E-state index in [0.717, 1.165) is 29.6 Å². The highest BCUT2D eigenvalue weighted by atomic mass is 32.1. The van der Waals surface area contributed by atoms with Gasteiger partial charge in [0.05, 0.1) is 6.26 Å². The lowest BCUT2D eigenvalue weighted by Gasteiger charge is -1.96. The van der Waals surface area contributed by atoms with Crippen molar-refractivity contribution in [3.8, 4) is 11.5 Å². The summed E-state index contributed by atoms with van der Waals surface area (Å²) in [7, 11) is 0. The molecule has 0 amide bonds. The van der Waals surface area contributed by atoms with Crippen molar-refractivity contribution >= 4 is 16.5 Å². The predicted molar refractivity (Wildman–Crippen MR) is 58.6 cm³/mol. The van der Waals surface area contributed by atoms with Crippen LogP contribution in [0.15, 0.2) is 28.2 Å². The summed E-state index contributed by atoms with van der Waals surface area (Å²) in [4.78, 5) is 4.40. The molecular formula is C10H12N2OS. The molecule has 0 spiro atoms. The zero-order chi connectivity index (χ0) is 9.80. The van der Waals surface area contributed by atoms with Gasteiger partial charge in [-0.1, -0.05) is 6.92 Å². The number of hydrogen-bond acceptors (Lipinski definition) is 4. The number of furan rings is 1. The highest BCUT2D eigenvalue weighted by Crippen LogP contribution is 2.24. The van der Waals surface area contributed by atoms with Crippen LogP contribution in [0.2, 0.25) is 0 Å². The van der Waals surface area contributed by atoms with E-state index in [1.165, 1.54) is 0 Å². The van der Waals surface area contributed by atoms with E-state index in [2.05, 4.69) is 17.2 Å². The van der Waals surface area contributed by atoms with Crippen LogP contribution in [0.5, 0.6) is 0 Å². The Morgan fingerprint density at radius 3 is 3.21 bits per heavy atom. The molecule has 2 rings (SSSR count). The largest absolute Gasteiger partial charge is 0.463 e. The van der Waals surface area contributed by atoms with Gasteiger partial charge in [0.25, 0.3) is 0 Å². The van der Waals surface area contributed by atoms with Crippen molar-refractivity contribution in [1.29, 1.82) is 0 Å². The van der Waals surface area contributed by atoms with E-state index < -0.39 is 0 Å². The van der Waals surface area contributed by atoms with Gasteiger partial charge in [0.2, 0.25) is 0 Å². The van der Waals surface area contributed by atoms with Crippen LogP contribution in [0.3, 0.4) is 0 Å². The molecule has 0 aliphatic heterocycles. The predicted octanol–water partition coefficient (Wildman–Crippen LogP) is 3.23. The standard InChI is InChI=1S/C10H12N2OS/c1-2-5-11-10-12-8(7-14-10)9-4-3-6-13-9/h3-4,6-7H,2,5H2,1H3,(H,11,12). The van der Waals surface area contributed by atoms with Gasteiger partial charge in [-0.25, -0.2) is 4.98 Å². The number of anilines is 1. The number of aromatic nitrogens is 1. The summed E-state index contributed by atoms with van der Waals surface area (Å²) < 4.78 is 5.25. The van der Waals surface area contributed by atoms with E-state index in [-0.39, 0.29) is 0 Å². The van der Waals surface area contributed by atoms with Crippen molar-refractivity contribution < 1.29 is 4.42 Å². The molecule has 1 N–H and O–H groups in total. The number of hydrogen-bond donors (Lipinski definition) is 1. The summed E-state index contributed by atoms with van der Waals surface area (Å²) in [5.74, 6) is 0.825. The Morgan fingerprint density at radius 1 is 1.57 bits per heavy atom. The molecule has 0 aliphatic carbocycles. The molecule has 0 atom stereocenters. The first-order valence-electron chi connectivity index (χ1n) is 4.63. The van der Waals surface area contributed by atoms with E-state index in [1.54, 1.807) is 17.6 Å². The minimum Gasteiger partial charge on any atom is -0.463 e. The third kappa shape index (κ3) is 1.96. The molecular weight excluding hydrogens is 196 g/mol. The van der Waals surface area contributed by atoms with Crippen molar-refractivity contribution in [3.05, 3.63) is 23.8 Å². The number of rotatable bonds is 4. The molecule has 2 aromatic heterocycles. The maximum Gasteiger partial charge on any atom is 0.183 e. The first-order valence-corrected chi connectivity index (χ1v) is 5.51. The van der Waals surface area contributed by atoms with Gasteiger partial charge >= 0.3 is 0 Å². The molecule has 4 heteroatoms. The van der Waals surface area contributed by atoms with Gasteiger partial charge in [-0.05, 0) is 18.6 Å². The average Bonchev–Trinajstić information content (AvgIpc) is 2.85. The van der Waals surface area contributed by atoms with E-state index in [9.17, 15) is 0 Å². The second-order valence-electron chi connectivity index (χ2n) is 2.94. The Balaban J connectivity index is 2.10. The Hall–Kier alpha value is -1.29. The molecule has 0 saturated heterocycles. The van der Waals surface area contributed by atoms with Gasteiger partial charge in [0.1, 0.15) is 5.69 Å². The summed E-state index contributed by atoms with van der Waals surface area (Å²) in [5.41, 5.74) is 0.901. The lowest BCUT2D eigenvalue weighted by molar-refractivity contribution is 0.580. The van der Waals surface area contributed by atoms with Crippen LogP contribution >= 0.6 is 11.3 Å². The summed E-state index contributed by atoms with van der Waals surface area (Å²) in [6.45, 7) is 3.10. The summed E-state index contributed by atoms with van der Waals surface area (Å²) in [6, 6.07) is 3.78. The van der Waals surface area contributed by atoms with Crippen LogP contribution in [0.1, 0.15) is 13.3 Å². The number of nitrogens with one attached hydrogen (secondary N) is 1. The summed E-state index contributed by atoms with van der Waals surface area (Å²) in [6.07, 6.45) is 2.77. The zero-order valence-electron chi connectivity index (χ0n) is 7.99. The van der Waals surface area contributed by atoms with Crippen LogP contribution in [-0.2, 0) is 0 Å². The monoisotopic (exact) mass is 208 g/mol. The second-order valence-corrected chi connectivity index (χ2v) is 3.80. The maximum absolute atomic E-state index is 5.25. The molecule has 0 fully saturated rings. The Bertz CT molecular complexity index is 380. The Kier molecular flexibility index (Phi) is 2.84. The average molecular weight is 208 g/mol. The maximum atomic E-state index is 5.25. The molecule has 0 radical (unpaired) electrons. The highest BCUT2D eigenvalue weighted by molar-refractivity contribution is 7.14. The molecule has 0 unspecified atom stereocenters. The molecule has 2 heterocycles. The Morgan fingerprint density at radius 2 is 2.50 bits per heavy atom. The fourth-order valence-corrected chi connectivity index (χ4v) is 1.85. The molecule has 0 aliphatic rings. The number of thiazole rings is 1. The van der Waals surface area contributed by atoms with Crippen molar-refractivity contribution in [3.63, 3.8) is 0 Å². The third-order valence-corrected chi connectivity index (χ3v) is 2.60. The Labute approximate surface area is 86.8 Å². The van der Waals surface area contributed by atoms with Crippen LogP contribution in [0.4, 0.5) is 5.13 Å². The van der Waals surface area contributed by atoms with Gasteiger partial charge in [0.15, 0.2) is 10.9 Å². The minimum absolute atomic E-state index is 0.825. The molecule has 74 valence electrons. The fraction of sp³-hybridized carbons (Fsp3) is 0.300. The molecule has 3 nitrogen and oxygen atoms in total. The third-order valence-electron chi connectivity index (χ3n) is 1.80. The van der Waals surface area contributed by atoms with E-state index in [0.29, 0.717) is 0 Å². The van der Waals surface area contributed by atoms with Crippen LogP contribution < -0.4 is 5.32 Å². The quantitative estimate of drug-likeness (QED) is 0.838. The lowest BCUT2D eigenvalue weighted by atomic mass is 10.4. The van der Waals surface area contributed by atoms with Crippen molar-refractivity contribution in [1.82, 2.24) is 4.98 Å². The van der Waals surface area contributed by atoms with Crippen LogP contribution in [0, 0.1) is 0 Å². The number of nitrogens with zero attached hydrogens (tertiary/aromatic N) is 1. The minimum atomic E-state index is 0.825. The first kappa shape index (κ1) is 9.27. The van der Waals surface area contributed by atoms with Crippen molar-refractivity contribution in [2.75, 3.05) is 11.9 Å². The van der Waals surface area contributed by atoms with E-state index in [1.807, 2.05) is 17.5 Å². The van der Waals surface area contributed by atoms with Gasteiger partial charge < -0.3 is 9.73 Å². The van der Waals surface area contributed by atoms with E-state index >= 15 is 0 Å².